The van der Waals surface area contributed by atoms with Gasteiger partial charge in [-0.05, 0) is 30.3 Å². The molecule has 0 fully saturated rings. The topological polar surface area (TPSA) is 71.3 Å². The van der Waals surface area contributed by atoms with Gasteiger partial charge < -0.3 is 9.73 Å². The van der Waals surface area contributed by atoms with Crippen LogP contribution in [0.15, 0.2) is 47.1 Å². The SMILES string of the molecule is CNCc1ccc(CS(=O)(=O)NCCc2ccco2)cc1. The van der Waals surface area contributed by atoms with Crippen LogP contribution in [0.1, 0.15) is 16.9 Å². The molecule has 114 valence electrons. The van der Waals surface area contributed by atoms with Crippen molar-refractivity contribution in [2.75, 3.05) is 13.6 Å². The highest BCUT2D eigenvalue weighted by Crippen LogP contribution is 2.08. The largest absolute Gasteiger partial charge is 0.469 e. The Bertz CT molecular complexity index is 634. The van der Waals surface area contributed by atoms with E-state index >= 15 is 0 Å². The molecule has 0 unspecified atom stereocenters. The molecular formula is C15H20N2O3S. The average molecular weight is 308 g/mol. The van der Waals surface area contributed by atoms with Crippen molar-refractivity contribution >= 4 is 10.0 Å². The minimum Gasteiger partial charge on any atom is -0.469 e. The minimum absolute atomic E-state index is 0.00894. The molecule has 0 amide bonds. The monoisotopic (exact) mass is 308 g/mol. The van der Waals surface area contributed by atoms with E-state index in [9.17, 15) is 8.42 Å². The van der Waals surface area contributed by atoms with Crippen molar-refractivity contribution < 1.29 is 12.8 Å². The summed E-state index contributed by atoms with van der Waals surface area (Å²) in [7, 11) is -1.44. The second-order valence-corrected chi connectivity index (χ2v) is 6.64. The van der Waals surface area contributed by atoms with Crippen LogP contribution in [0.4, 0.5) is 0 Å². The van der Waals surface area contributed by atoms with E-state index in [4.69, 9.17) is 4.42 Å². The number of rotatable bonds is 8. The van der Waals surface area contributed by atoms with Gasteiger partial charge in [-0.15, -0.1) is 0 Å². The highest BCUT2D eigenvalue weighted by molar-refractivity contribution is 7.88. The van der Waals surface area contributed by atoms with Gasteiger partial charge in [0.2, 0.25) is 10.0 Å². The van der Waals surface area contributed by atoms with Crippen LogP contribution in [0, 0.1) is 0 Å². The third-order valence-corrected chi connectivity index (χ3v) is 4.39. The van der Waals surface area contributed by atoms with Crippen LogP contribution in [0.3, 0.4) is 0 Å². The van der Waals surface area contributed by atoms with Crippen LogP contribution in [0.2, 0.25) is 0 Å². The van der Waals surface area contributed by atoms with Crippen LogP contribution in [-0.4, -0.2) is 22.0 Å². The summed E-state index contributed by atoms with van der Waals surface area (Å²) >= 11 is 0. The molecular weight excluding hydrogens is 288 g/mol. The predicted octanol–water partition coefficient (Wildman–Crippen LogP) is 1.66. The number of sulfonamides is 1. The number of hydrogen-bond acceptors (Lipinski definition) is 4. The Hall–Kier alpha value is -1.63. The van der Waals surface area contributed by atoms with Crippen molar-refractivity contribution in [3.63, 3.8) is 0 Å². The first-order chi connectivity index (χ1) is 10.1. The van der Waals surface area contributed by atoms with Gasteiger partial charge in [-0.1, -0.05) is 24.3 Å². The van der Waals surface area contributed by atoms with Gasteiger partial charge in [-0.3, -0.25) is 0 Å². The Morgan fingerprint density at radius 3 is 2.43 bits per heavy atom. The van der Waals surface area contributed by atoms with Crippen LogP contribution >= 0.6 is 0 Å². The first kappa shape index (κ1) is 15.8. The molecule has 2 rings (SSSR count). The maximum atomic E-state index is 12.0. The fourth-order valence-corrected chi connectivity index (χ4v) is 3.16. The molecule has 0 saturated heterocycles. The molecule has 0 atom stereocenters. The number of nitrogens with one attached hydrogen (secondary N) is 2. The molecule has 2 N–H and O–H groups in total. The summed E-state index contributed by atoms with van der Waals surface area (Å²) < 4.78 is 31.7. The second-order valence-electron chi connectivity index (χ2n) is 4.83. The number of hydrogen-bond donors (Lipinski definition) is 2. The lowest BCUT2D eigenvalue weighted by Crippen LogP contribution is -2.27. The molecule has 0 aliphatic rings. The molecule has 0 saturated carbocycles. The molecule has 1 aromatic carbocycles. The van der Waals surface area contributed by atoms with E-state index in [1.54, 1.807) is 12.3 Å². The van der Waals surface area contributed by atoms with E-state index in [1.165, 1.54) is 0 Å². The zero-order chi connectivity index (χ0) is 15.1. The fourth-order valence-electron chi connectivity index (χ4n) is 2.01. The quantitative estimate of drug-likeness (QED) is 0.778. The summed E-state index contributed by atoms with van der Waals surface area (Å²) in [4.78, 5) is 0. The van der Waals surface area contributed by atoms with E-state index in [1.807, 2.05) is 37.4 Å². The Kier molecular flexibility index (Phi) is 5.55. The van der Waals surface area contributed by atoms with E-state index in [0.29, 0.717) is 13.0 Å². The van der Waals surface area contributed by atoms with Crippen LogP contribution in [0.25, 0.3) is 0 Å². The van der Waals surface area contributed by atoms with Gasteiger partial charge in [-0.25, -0.2) is 13.1 Å². The van der Waals surface area contributed by atoms with Crippen LogP contribution < -0.4 is 10.0 Å². The Labute approximate surface area is 125 Å². The van der Waals surface area contributed by atoms with Crippen molar-refractivity contribution in [3.8, 4) is 0 Å². The molecule has 0 spiro atoms. The van der Waals surface area contributed by atoms with E-state index in [-0.39, 0.29) is 5.75 Å². The summed E-state index contributed by atoms with van der Waals surface area (Å²) in [6.07, 6.45) is 2.13. The average Bonchev–Trinajstić information content (AvgIpc) is 2.94. The zero-order valence-corrected chi connectivity index (χ0v) is 12.8. The summed E-state index contributed by atoms with van der Waals surface area (Å²) in [5.41, 5.74) is 1.91. The van der Waals surface area contributed by atoms with Gasteiger partial charge in [0, 0.05) is 19.5 Å². The molecule has 0 bridgehead atoms. The normalized spacial score (nSPS) is 11.7. The van der Waals surface area contributed by atoms with Crippen molar-refractivity contribution in [1.29, 1.82) is 0 Å². The lowest BCUT2D eigenvalue weighted by molar-refractivity contribution is 0.506. The van der Waals surface area contributed by atoms with Crippen molar-refractivity contribution in [3.05, 3.63) is 59.5 Å². The van der Waals surface area contributed by atoms with E-state index in [2.05, 4.69) is 10.0 Å². The van der Waals surface area contributed by atoms with Gasteiger partial charge in [0.1, 0.15) is 5.76 Å². The second kappa shape index (κ2) is 7.40. The van der Waals surface area contributed by atoms with Crippen molar-refractivity contribution in [2.45, 2.75) is 18.7 Å². The van der Waals surface area contributed by atoms with Gasteiger partial charge >= 0.3 is 0 Å². The fraction of sp³-hybridized carbons (Fsp3) is 0.333. The third-order valence-electron chi connectivity index (χ3n) is 3.03. The van der Waals surface area contributed by atoms with Crippen molar-refractivity contribution in [2.24, 2.45) is 0 Å². The summed E-state index contributed by atoms with van der Waals surface area (Å²) in [6, 6.07) is 11.2. The highest BCUT2D eigenvalue weighted by Gasteiger charge is 2.11. The molecule has 21 heavy (non-hydrogen) atoms. The molecule has 2 aromatic rings. The first-order valence-electron chi connectivity index (χ1n) is 6.81. The third kappa shape index (κ3) is 5.34. The maximum absolute atomic E-state index is 12.0. The molecule has 1 aromatic heterocycles. The summed E-state index contributed by atoms with van der Waals surface area (Å²) in [6.45, 7) is 1.11. The van der Waals surface area contributed by atoms with Gasteiger partial charge in [0.25, 0.3) is 0 Å². The lowest BCUT2D eigenvalue weighted by Gasteiger charge is -2.07. The first-order valence-corrected chi connectivity index (χ1v) is 8.46. The van der Waals surface area contributed by atoms with Gasteiger partial charge in [-0.2, -0.15) is 0 Å². The van der Waals surface area contributed by atoms with Gasteiger partial charge in [0.05, 0.1) is 12.0 Å². The molecule has 0 aliphatic carbocycles. The summed E-state index contributed by atoms with van der Waals surface area (Å²) in [5.74, 6) is 0.763. The molecule has 0 aliphatic heterocycles. The Morgan fingerprint density at radius 1 is 1.10 bits per heavy atom. The van der Waals surface area contributed by atoms with Gasteiger partial charge in [0.15, 0.2) is 0 Å². The summed E-state index contributed by atoms with van der Waals surface area (Å²) in [5, 5.41) is 3.05. The number of furan rings is 1. The zero-order valence-electron chi connectivity index (χ0n) is 12.0. The highest BCUT2D eigenvalue weighted by atomic mass is 32.2. The predicted molar refractivity (Wildman–Crippen MR) is 82.2 cm³/mol. The van der Waals surface area contributed by atoms with E-state index in [0.717, 1.165) is 23.4 Å². The van der Waals surface area contributed by atoms with E-state index < -0.39 is 10.0 Å². The number of benzene rings is 1. The Morgan fingerprint density at radius 2 is 1.81 bits per heavy atom. The molecule has 5 nitrogen and oxygen atoms in total. The molecule has 1 heterocycles. The smallest absolute Gasteiger partial charge is 0.215 e. The maximum Gasteiger partial charge on any atom is 0.215 e. The minimum atomic E-state index is -3.32. The molecule has 6 heteroatoms. The Balaban J connectivity index is 1.85. The standard InChI is InChI=1S/C15H20N2O3S/c1-16-11-13-4-6-14(7-5-13)12-21(18,19)17-9-8-15-3-2-10-20-15/h2-7,10,16-17H,8-9,11-12H2,1H3. The lowest BCUT2D eigenvalue weighted by atomic mass is 10.1. The van der Waals surface area contributed by atoms with Crippen molar-refractivity contribution in [1.82, 2.24) is 10.0 Å². The molecule has 0 radical (unpaired) electrons. The van der Waals surface area contributed by atoms with Crippen LogP contribution in [0.5, 0.6) is 0 Å². The van der Waals surface area contributed by atoms with Crippen LogP contribution in [-0.2, 0) is 28.7 Å².